The first-order valence-electron chi connectivity index (χ1n) is 8.05. The van der Waals surface area contributed by atoms with Gasteiger partial charge >= 0.3 is 6.03 Å². The highest BCUT2D eigenvalue weighted by molar-refractivity contribution is 5.91. The molecule has 1 aliphatic heterocycles. The van der Waals surface area contributed by atoms with E-state index < -0.39 is 0 Å². The summed E-state index contributed by atoms with van der Waals surface area (Å²) in [6, 6.07) is 5.44. The largest absolute Gasteiger partial charge is 0.493 e. The molecule has 2 N–H and O–H groups in total. The normalized spacial score (nSPS) is 22.1. The van der Waals surface area contributed by atoms with Gasteiger partial charge < -0.3 is 24.8 Å². The maximum atomic E-state index is 12.4. The lowest BCUT2D eigenvalue weighted by Gasteiger charge is -2.51. The molecule has 1 saturated carbocycles. The second-order valence-electron chi connectivity index (χ2n) is 6.21. The number of rotatable bonds is 4. The first kappa shape index (κ1) is 15.9. The summed E-state index contributed by atoms with van der Waals surface area (Å²) in [5.74, 6) is 1.12. The molecule has 1 atom stereocenters. The Morgan fingerprint density at radius 1 is 1.22 bits per heavy atom. The van der Waals surface area contributed by atoms with Crippen molar-refractivity contribution in [3.8, 4) is 11.5 Å². The standard InChI is InChI=1S/C17H24N2O4/c1-21-13-5-3-4-12(15(13)22-2)18-16(20)19-14-6-7-17(14)8-10-23-11-9-17/h3-5,14H,6-11H2,1-2H3,(H2,18,19,20). The van der Waals surface area contributed by atoms with E-state index in [1.165, 1.54) is 6.42 Å². The van der Waals surface area contributed by atoms with Gasteiger partial charge in [-0.2, -0.15) is 0 Å². The lowest BCUT2D eigenvalue weighted by Crippen LogP contribution is -2.57. The highest BCUT2D eigenvalue weighted by Crippen LogP contribution is 2.48. The zero-order chi connectivity index (χ0) is 16.3. The summed E-state index contributed by atoms with van der Waals surface area (Å²) in [4.78, 5) is 12.4. The third-order valence-electron chi connectivity index (χ3n) is 5.12. The SMILES string of the molecule is COc1cccc(NC(=O)NC2CCC23CCOCC3)c1OC. The number of methoxy groups -OCH3 is 2. The molecule has 6 nitrogen and oxygen atoms in total. The maximum absolute atomic E-state index is 12.4. The van der Waals surface area contributed by atoms with E-state index in [-0.39, 0.29) is 17.5 Å². The van der Waals surface area contributed by atoms with Crippen LogP contribution in [-0.4, -0.2) is 39.5 Å². The summed E-state index contributed by atoms with van der Waals surface area (Å²) in [5, 5.41) is 5.98. The summed E-state index contributed by atoms with van der Waals surface area (Å²) in [6.45, 7) is 1.59. The fourth-order valence-corrected chi connectivity index (χ4v) is 3.60. The van der Waals surface area contributed by atoms with E-state index in [1.807, 2.05) is 6.07 Å². The molecule has 1 aliphatic carbocycles. The number of amides is 2. The lowest BCUT2D eigenvalue weighted by molar-refractivity contribution is -0.0507. The van der Waals surface area contributed by atoms with Crippen LogP contribution in [0.5, 0.6) is 11.5 Å². The number of urea groups is 1. The molecule has 0 aromatic heterocycles. The van der Waals surface area contributed by atoms with Gasteiger partial charge in [-0.1, -0.05) is 6.07 Å². The summed E-state index contributed by atoms with van der Waals surface area (Å²) in [6.07, 6.45) is 4.26. The molecule has 126 valence electrons. The molecule has 1 spiro atoms. The van der Waals surface area contributed by atoms with Crippen molar-refractivity contribution in [3.05, 3.63) is 18.2 Å². The van der Waals surface area contributed by atoms with E-state index >= 15 is 0 Å². The third-order valence-corrected chi connectivity index (χ3v) is 5.12. The monoisotopic (exact) mass is 320 g/mol. The van der Waals surface area contributed by atoms with E-state index in [1.54, 1.807) is 26.4 Å². The van der Waals surface area contributed by atoms with Gasteiger partial charge in [-0.05, 0) is 43.2 Å². The van der Waals surface area contributed by atoms with E-state index in [9.17, 15) is 4.79 Å². The van der Waals surface area contributed by atoms with Gasteiger partial charge in [-0.15, -0.1) is 0 Å². The van der Waals surface area contributed by atoms with Crippen LogP contribution in [0.2, 0.25) is 0 Å². The molecule has 1 unspecified atom stereocenters. The molecular formula is C17H24N2O4. The fraction of sp³-hybridized carbons (Fsp3) is 0.588. The first-order chi connectivity index (χ1) is 11.2. The Morgan fingerprint density at radius 3 is 2.61 bits per heavy atom. The van der Waals surface area contributed by atoms with Crippen molar-refractivity contribution < 1.29 is 19.0 Å². The lowest BCUT2D eigenvalue weighted by atomic mass is 9.60. The van der Waals surface area contributed by atoms with Crippen LogP contribution in [0.25, 0.3) is 0 Å². The van der Waals surface area contributed by atoms with Crippen molar-refractivity contribution in [2.45, 2.75) is 31.7 Å². The van der Waals surface area contributed by atoms with Crippen LogP contribution in [0.4, 0.5) is 10.5 Å². The summed E-state index contributed by atoms with van der Waals surface area (Å²) >= 11 is 0. The minimum Gasteiger partial charge on any atom is -0.493 e. The molecule has 1 heterocycles. The molecule has 6 heteroatoms. The average molecular weight is 320 g/mol. The summed E-state index contributed by atoms with van der Waals surface area (Å²) in [7, 11) is 3.13. The quantitative estimate of drug-likeness (QED) is 0.895. The van der Waals surface area contributed by atoms with Crippen LogP contribution < -0.4 is 20.1 Å². The number of hydrogen-bond acceptors (Lipinski definition) is 4. The maximum Gasteiger partial charge on any atom is 0.319 e. The second-order valence-corrected chi connectivity index (χ2v) is 6.21. The Kier molecular flexibility index (Phi) is 4.61. The molecular weight excluding hydrogens is 296 g/mol. The molecule has 23 heavy (non-hydrogen) atoms. The molecule has 2 aliphatic rings. The molecule has 1 saturated heterocycles. The molecule has 2 fully saturated rings. The number of carbonyl (C=O) groups is 1. The highest BCUT2D eigenvalue weighted by Gasteiger charge is 2.48. The predicted molar refractivity (Wildman–Crippen MR) is 87.2 cm³/mol. The topological polar surface area (TPSA) is 68.8 Å². The Bertz CT molecular complexity index is 570. The minimum absolute atomic E-state index is 0.202. The molecule has 3 rings (SSSR count). The van der Waals surface area contributed by atoms with E-state index in [0.29, 0.717) is 17.2 Å². The van der Waals surface area contributed by atoms with E-state index in [4.69, 9.17) is 14.2 Å². The van der Waals surface area contributed by atoms with Crippen molar-refractivity contribution in [1.29, 1.82) is 0 Å². The highest BCUT2D eigenvalue weighted by atomic mass is 16.5. The van der Waals surface area contributed by atoms with Crippen LogP contribution in [0, 0.1) is 5.41 Å². The van der Waals surface area contributed by atoms with E-state index in [2.05, 4.69) is 10.6 Å². The Labute approximate surface area is 136 Å². The van der Waals surface area contributed by atoms with Gasteiger partial charge in [0.15, 0.2) is 11.5 Å². The molecule has 2 amide bonds. The number of nitrogens with one attached hydrogen (secondary N) is 2. The van der Waals surface area contributed by atoms with Gasteiger partial charge in [0.1, 0.15) is 0 Å². The number of ether oxygens (including phenoxy) is 3. The van der Waals surface area contributed by atoms with Crippen molar-refractivity contribution in [2.24, 2.45) is 5.41 Å². The van der Waals surface area contributed by atoms with E-state index in [0.717, 1.165) is 32.5 Å². The zero-order valence-corrected chi connectivity index (χ0v) is 13.7. The molecule has 1 aromatic carbocycles. The van der Waals surface area contributed by atoms with Crippen molar-refractivity contribution >= 4 is 11.7 Å². The number of benzene rings is 1. The summed E-state index contributed by atoms with van der Waals surface area (Å²) < 4.78 is 16.0. The number of carbonyl (C=O) groups excluding carboxylic acids is 1. The molecule has 0 radical (unpaired) electrons. The Hall–Kier alpha value is -1.95. The number of anilines is 1. The van der Waals surface area contributed by atoms with Gasteiger partial charge in [0.2, 0.25) is 0 Å². The van der Waals surface area contributed by atoms with Gasteiger partial charge in [-0.3, -0.25) is 0 Å². The van der Waals surface area contributed by atoms with Crippen LogP contribution in [0.15, 0.2) is 18.2 Å². The Balaban J connectivity index is 1.64. The van der Waals surface area contributed by atoms with Crippen LogP contribution in [0.1, 0.15) is 25.7 Å². The predicted octanol–water partition coefficient (Wildman–Crippen LogP) is 2.78. The summed E-state index contributed by atoms with van der Waals surface area (Å²) in [5.41, 5.74) is 0.832. The number of hydrogen-bond donors (Lipinski definition) is 2. The molecule has 0 bridgehead atoms. The van der Waals surface area contributed by atoms with Gasteiger partial charge in [-0.25, -0.2) is 4.79 Å². The molecule has 1 aromatic rings. The first-order valence-corrected chi connectivity index (χ1v) is 8.05. The number of para-hydroxylation sites is 1. The minimum atomic E-state index is -0.202. The van der Waals surface area contributed by atoms with Gasteiger partial charge in [0.05, 0.1) is 19.9 Å². The van der Waals surface area contributed by atoms with Crippen molar-refractivity contribution in [3.63, 3.8) is 0 Å². The van der Waals surface area contributed by atoms with Crippen LogP contribution in [-0.2, 0) is 4.74 Å². The third kappa shape index (κ3) is 3.08. The smallest absolute Gasteiger partial charge is 0.319 e. The fourth-order valence-electron chi connectivity index (χ4n) is 3.60. The van der Waals surface area contributed by atoms with Crippen molar-refractivity contribution in [2.75, 3.05) is 32.8 Å². The second kappa shape index (κ2) is 6.66. The average Bonchev–Trinajstić information content (AvgIpc) is 2.59. The van der Waals surface area contributed by atoms with Gasteiger partial charge in [0, 0.05) is 19.3 Å². The Morgan fingerprint density at radius 2 is 2.00 bits per heavy atom. The van der Waals surface area contributed by atoms with Gasteiger partial charge in [0.25, 0.3) is 0 Å². The van der Waals surface area contributed by atoms with Crippen LogP contribution >= 0.6 is 0 Å². The van der Waals surface area contributed by atoms with Crippen molar-refractivity contribution in [1.82, 2.24) is 5.32 Å². The zero-order valence-electron chi connectivity index (χ0n) is 13.7. The van der Waals surface area contributed by atoms with Crippen LogP contribution in [0.3, 0.4) is 0 Å².